The minimum Gasteiger partial charge on any atom is -0.392 e. The maximum atomic E-state index is 11.7. The van der Waals surface area contributed by atoms with Gasteiger partial charge in [0.2, 0.25) is 11.8 Å². The Kier molecular flexibility index (Phi) is 3.40. The smallest absolute Gasteiger partial charge is 0.237 e. The third-order valence-corrected chi connectivity index (χ3v) is 3.04. The second kappa shape index (κ2) is 4.80. The lowest BCUT2D eigenvalue weighted by molar-refractivity contribution is -0.126. The molecule has 3 atom stereocenters. The molecular formula is C10H17N3O3. The van der Waals surface area contributed by atoms with Crippen molar-refractivity contribution in [3.05, 3.63) is 0 Å². The number of aliphatic hydroxyl groups excluding tert-OH is 1. The van der Waals surface area contributed by atoms with Gasteiger partial charge < -0.3 is 21.1 Å². The molecule has 90 valence electrons. The van der Waals surface area contributed by atoms with Gasteiger partial charge in [-0.25, -0.2) is 0 Å². The SMILES string of the molecule is O=C1CCC(NC(=O)C2CC(O)CN2)CN1. The molecule has 0 aromatic rings. The molecular weight excluding hydrogens is 210 g/mol. The van der Waals surface area contributed by atoms with Gasteiger partial charge in [0.1, 0.15) is 0 Å². The molecule has 2 heterocycles. The highest BCUT2D eigenvalue weighted by Crippen LogP contribution is 2.08. The Bertz CT molecular complexity index is 285. The fourth-order valence-electron chi connectivity index (χ4n) is 2.07. The number of rotatable bonds is 2. The second-order valence-corrected chi connectivity index (χ2v) is 4.40. The van der Waals surface area contributed by atoms with E-state index in [-0.39, 0.29) is 23.9 Å². The van der Waals surface area contributed by atoms with Crippen molar-refractivity contribution < 1.29 is 14.7 Å². The summed E-state index contributed by atoms with van der Waals surface area (Å²) in [5.41, 5.74) is 0. The van der Waals surface area contributed by atoms with Gasteiger partial charge in [0.05, 0.1) is 12.1 Å². The Labute approximate surface area is 93.8 Å². The number of carbonyl (C=O) groups is 2. The van der Waals surface area contributed by atoms with Crippen LogP contribution in [0, 0.1) is 0 Å². The van der Waals surface area contributed by atoms with Crippen molar-refractivity contribution in [1.29, 1.82) is 0 Å². The van der Waals surface area contributed by atoms with Crippen molar-refractivity contribution in [2.75, 3.05) is 13.1 Å². The molecule has 0 bridgehead atoms. The van der Waals surface area contributed by atoms with Gasteiger partial charge in [-0.1, -0.05) is 0 Å². The van der Waals surface area contributed by atoms with Crippen molar-refractivity contribution in [3.8, 4) is 0 Å². The summed E-state index contributed by atoms with van der Waals surface area (Å²) >= 11 is 0. The molecule has 0 aliphatic carbocycles. The van der Waals surface area contributed by atoms with Gasteiger partial charge in [0, 0.05) is 25.6 Å². The minimum atomic E-state index is -0.429. The average Bonchev–Trinajstić information content (AvgIpc) is 2.68. The van der Waals surface area contributed by atoms with E-state index in [1.807, 2.05) is 0 Å². The number of nitrogens with one attached hydrogen (secondary N) is 3. The number of aliphatic hydroxyl groups is 1. The highest BCUT2D eigenvalue weighted by Gasteiger charge is 2.30. The van der Waals surface area contributed by atoms with Crippen LogP contribution in [0.2, 0.25) is 0 Å². The monoisotopic (exact) mass is 227 g/mol. The molecule has 6 heteroatoms. The quantitative estimate of drug-likeness (QED) is 0.444. The zero-order valence-corrected chi connectivity index (χ0v) is 9.03. The molecule has 0 aromatic heterocycles. The Morgan fingerprint density at radius 1 is 1.44 bits per heavy atom. The Morgan fingerprint density at radius 2 is 2.25 bits per heavy atom. The molecule has 0 saturated carbocycles. The van der Waals surface area contributed by atoms with Crippen LogP contribution in [0.3, 0.4) is 0 Å². The van der Waals surface area contributed by atoms with E-state index in [1.165, 1.54) is 0 Å². The van der Waals surface area contributed by atoms with Gasteiger partial charge in [0.25, 0.3) is 0 Å². The van der Waals surface area contributed by atoms with Gasteiger partial charge in [0.15, 0.2) is 0 Å². The van der Waals surface area contributed by atoms with E-state index in [2.05, 4.69) is 16.0 Å². The maximum absolute atomic E-state index is 11.7. The lowest BCUT2D eigenvalue weighted by atomic mass is 10.1. The van der Waals surface area contributed by atoms with Gasteiger partial charge in [-0.3, -0.25) is 9.59 Å². The van der Waals surface area contributed by atoms with Crippen LogP contribution in [0.4, 0.5) is 0 Å². The lowest BCUT2D eigenvalue weighted by Gasteiger charge is -2.24. The van der Waals surface area contributed by atoms with Crippen molar-refractivity contribution in [2.45, 2.75) is 37.5 Å². The molecule has 0 radical (unpaired) electrons. The maximum Gasteiger partial charge on any atom is 0.237 e. The van der Waals surface area contributed by atoms with E-state index in [0.717, 1.165) is 0 Å². The van der Waals surface area contributed by atoms with Crippen LogP contribution in [0.25, 0.3) is 0 Å². The number of carbonyl (C=O) groups excluding carboxylic acids is 2. The van der Waals surface area contributed by atoms with Crippen molar-refractivity contribution in [2.24, 2.45) is 0 Å². The number of hydrogen-bond acceptors (Lipinski definition) is 4. The van der Waals surface area contributed by atoms with Gasteiger partial charge in [-0.2, -0.15) is 0 Å². The standard InChI is InChI=1S/C10H17N3O3/c14-7-3-8(11-5-7)10(16)13-6-1-2-9(15)12-4-6/h6-8,11,14H,1-5H2,(H,12,15)(H,13,16). The molecule has 0 spiro atoms. The first-order valence-electron chi connectivity index (χ1n) is 5.63. The second-order valence-electron chi connectivity index (χ2n) is 4.40. The van der Waals surface area contributed by atoms with Gasteiger partial charge >= 0.3 is 0 Å². The predicted molar refractivity (Wildman–Crippen MR) is 56.6 cm³/mol. The Hall–Kier alpha value is -1.14. The number of piperidine rings is 1. The van der Waals surface area contributed by atoms with E-state index in [1.54, 1.807) is 0 Å². The predicted octanol–water partition coefficient (Wildman–Crippen LogP) is -1.90. The van der Waals surface area contributed by atoms with Crippen molar-refractivity contribution >= 4 is 11.8 Å². The van der Waals surface area contributed by atoms with Crippen LogP contribution in [0.5, 0.6) is 0 Å². The summed E-state index contributed by atoms with van der Waals surface area (Å²) in [4.78, 5) is 22.7. The van der Waals surface area contributed by atoms with Gasteiger partial charge in [-0.15, -0.1) is 0 Å². The molecule has 2 aliphatic heterocycles. The first-order valence-corrected chi connectivity index (χ1v) is 5.63. The summed E-state index contributed by atoms with van der Waals surface area (Å²) in [7, 11) is 0. The summed E-state index contributed by atoms with van der Waals surface area (Å²) < 4.78 is 0. The van der Waals surface area contributed by atoms with Crippen LogP contribution in [0.15, 0.2) is 0 Å². The molecule has 0 aromatic carbocycles. The molecule has 3 unspecified atom stereocenters. The molecule has 2 aliphatic rings. The van der Waals surface area contributed by atoms with E-state index in [4.69, 9.17) is 0 Å². The van der Waals surface area contributed by atoms with E-state index >= 15 is 0 Å². The molecule has 2 amide bonds. The fourth-order valence-corrected chi connectivity index (χ4v) is 2.07. The normalized spacial score (nSPS) is 34.6. The lowest BCUT2D eigenvalue weighted by Crippen LogP contribution is -2.51. The van der Waals surface area contributed by atoms with E-state index in [0.29, 0.717) is 32.4 Å². The van der Waals surface area contributed by atoms with Crippen LogP contribution in [-0.2, 0) is 9.59 Å². The largest absolute Gasteiger partial charge is 0.392 e. The van der Waals surface area contributed by atoms with Crippen molar-refractivity contribution in [1.82, 2.24) is 16.0 Å². The summed E-state index contributed by atoms with van der Waals surface area (Å²) in [6.45, 7) is 0.972. The third-order valence-electron chi connectivity index (χ3n) is 3.04. The van der Waals surface area contributed by atoms with Crippen LogP contribution in [-0.4, -0.2) is 48.2 Å². The third kappa shape index (κ3) is 2.70. The Balaban J connectivity index is 1.77. The number of β-amino-alcohol motifs (C(OH)–C–C–N with tert-alkyl or cyclic N) is 1. The summed E-state index contributed by atoms with van der Waals surface area (Å²) in [5, 5.41) is 17.8. The summed E-state index contributed by atoms with van der Waals surface area (Å²) in [5.74, 6) is -0.0439. The summed E-state index contributed by atoms with van der Waals surface area (Å²) in [6, 6.07) is -0.280. The highest BCUT2D eigenvalue weighted by molar-refractivity contribution is 5.83. The molecule has 2 rings (SSSR count). The first kappa shape index (κ1) is 11.3. The molecule has 16 heavy (non-hydrogen) atoms. The number of hydrogen-bond donors (Lipinski definition) is 4. The van der Waals surface area contributed by atoms with E-state index in [9.17, 15) is 14.7 Å². The van der Waals surface area contributed by atoms with Gasteiger partial charge in [-0.05, 0) is 12.8 Å². The van der Waals surface area contributed by atoms with Crippen LogP contribution >= 0.6 is 0 Å². The fraction of sp³-hybridized carbons (Fsp3) is 0.800. The highest BCUT2D eigenvalue weighted by atomic mass is 16.3. The minimum absolute atomic E-state index is 0.0183. The van der Waals surface area contributed by atoms with Crippen LogP contribution in [0.1, 0.15) is 19.3 Å². The zero-order chi connectivity index (χ0) is 11.5. The van der Waals surface area contributed by atoms with E-state index < -0.39 is 6.10 Å². The zero-order valence-electron chi connectivity index (χ0n) is 9.03. The Morgan fingerprint density at radius 3 is 2.81 bits per heavy atom. The topological polar surface area (TPSA) is 90.5 Å². The number of amides is 2. The average molecular weight is 227 g/mol. The molecule has 6 nitrogen and oxygen atoms in total. The molecule has 2 fully saturated rings. The molecule has 2 saturated heterocycles. The van der Waals surface area contributed by atoms with Crippen LogP contribution < -0.4 is 16.0 Å². The molecule has 4 N–H and O–H groups in total. The summed E-state index contributed by atoms with van der Waals surface area (Å²) in [6.07, 6.45) is 1.19. The first-order chi connectivity index (χ1) is 7.65. The van der Waals surface area contributed by atoms with Crippen molar-refractivity contribution in [3.63, 3.8) is 0 Å².